The van der Waals surface area contributed by atoms with E-state index in [1.807, 2.05) is 6.92 Å². The zero-order chi connectivity index (χ0) is 15.2. The third-order valence-electron chi connectivity index (χ3n) is 4.50. The molecule has 0 spiro atoms. The normalized spacial score (nSPS) is 27.1. The van der Waals surface area contributed by atoms with E-state index < -0.39 is 5.54 Å². The third-order valence-corrected chi connectivity index (χ3v) is 4.50. The molecule has 1 rings (SSSR count). The number of hydrogen-bond donors (Lipinski definition) is 1. The first-order valence-corrected chi connectivity index (χ1v) is 8.11. The van der Waals surface area contributed by atoms with Crippen LogP contribution in [0.15, 0.2) is 0 Å². The second-order valence-electron chi connectivity index (χ2n) is 6.24. The molecule has 2 unspecified atom stereocenters. The molecule has 2 atom stereocenters. The quantitative estimate of drug-likeness (QED) is 0.730. The predicted molar refractivity (Wildman–Crippen MR) is 82.8 cm³/mol. The summed E-state index contributed by atoms with van der Waals surface area (Å²) in [5, 5.41) is 3.49. The molecule has 1 N–H and O–H groups in total. The van der Waals surface area contributed by atoms with Crippen LogP contribution in [0.2, 0.25) is 0 Å². The number of nitrogens with one attached hydrogen (secondary N) is 1. The molecular weight excluding hydrogens is 252 g/mol. The minimum absolute atomic E-state index is 0.0599. The summed E-state index contributed by atoms with van der Waals surface area (Å²) < 4.78 is 5.35. The number of carbonyl (C=O) groups excluding carboxylic acids is 1. The summed E-state index contributed by atoms with van der Waals surface area (Å²) in [6.45, 7) is 9.76. The van der Waals surface area contributed by atoms with E-state index in [2.05, 4.69) is 38.0 Å². The summed E-state index contributed by atoms with van der Waals surface area (Å²) in [5.74, 6) is -0.0599. The number of hydrogen-bond acceptors (Lipinski definition) is 4. The molecule has 0 aromatic carbocycles. The highest BCUT2D eigenvalue weighted by atomic mass is 16.5. The molecule has 4 nitrogen and oxygen atoms in total. The summed E-state index contributed by atoms with van der Waals surface area (Å²) >= 11 is 0. The van der Waals surface area contributed by atoms with E-state index >= 15 is 0 Å². The maximum absolute atomic E-state index is 12.5. The number of carbonyl (C=O) groups is 1. The Morgan fingerprint density at radius 1 is 1.45 bits per heavy atom. The molecule has 0 saturated heterocycles. The Balaban J connectivity index is 2.83. The zero-order valence-electron chi connectivity index (χ0n) is 13.9. The lowest BCUT2D eigenvalue weighted by Crippen LogP contribution is -2.59. The van der Waals surface area contributed by atoms with Gasteiger partial charge in [-0.2, -0.15) is 0 Å². The minimum atomic E-state index is -0.474. The van der Waals surface area contributed by atoms with Gasteiger partial charge in [-0.3, -0.25) is 4.79 Å². The van der Waals surface area contributed by atoms with Crippen molar-refractivity contribution in [3.05, 3.63) is 0 Å². The molecule has 4 heteroatoms. The molecule has 118 valence electrons. The van der Waals surface area contributed by atoms with E-state index in [0.29, 0.717) is 18.7 Å². The van der Waals surface area contributed by atoms with Crippen LogP contribution in [0.3, 0.4) is 0 Å². The molecule has 1 aliphatic rings. The minimum Gasteiger partial charge on any atom is -0.465 e. The van der Waals surface area contributed by atoms with Gasteiger partial charge in [0.2, 0.25) is 0 Å². The van der Waals surface area contributed by atoms with E-state index in [1.54, 1.807) is 0 Å². The van der Waals surface area contributed by atoms with E-state index in [-0.39, 0.29) is 5.97 Å². The van der Waals surface area contributed by atoms with Crippen molar-refractivity contribution in [1.82, 2.24) is 10.2 Å². The number of rotatable bonds is 7. The number of nitrogens with zero attached hydrogens (tertiary/aromatic N) is 1. The van der Waals surface area contributed by atoms with Crippen molar-refractivity contribution in [2.45, 2.75) is 77.4 Å². The Morgan fingerprint density at radius 2 is 2.15 bits per heavy atom. The maximum atomic E-state index is 12.5. The molecule has 0 aliphatic heterocycles. The molecule has 0 aromatic rings. The highest BCUT2D eigenvalue weighted by Gasteiger charge is 2.44. The molecule has 0 bridgehead atoms. The summed E-state index contributed by atoms with van der Waals surface area (Å²) in [5.41, 5.74) is -0.474. The van der Waals surface area contributed by atoms with Crippen molar-refractivity contribution in [3.63, 3.8) is 0 Å². The number of ether oxygens (including phenoxy) is 1. The fraction of sp³-hybridized carbons (Fsp3) is 0.938. The average Bonchev–Trinajstić information content (AvgIpc) is 2.44. The smallest absolute Gasteiger partial charge is 0.326 e. The average molecular weight is 284 g/mol. The Hall–Kier alpha value is -0.610. The van der Waals surface area contributed by atoms with Gasteiger partial charge in [0.05, 0.1) is 6.61 Å². The van der Waals surface area contributed by atoms with Crippen LogP contribution in [0.4, 0.5) is 0 Å². The molecule has 1 saturated carbocycles. The zero-order valence-corrected chi connectivity index (χ0v) is 13.9. The van der Waals surface area contributed by atoms with Crippen LogP contribution in [-0.2, 0) is 9.53 Å². The third kappa shape index (κ3) is 4.19. The second-order valence-corrected chi connectivity index (χ2v) is 6.24. The molecule has 0 heterocycles. The highest BCUT2D eigenvalue weighted by molar-refractivity contribution is 5.81. The fourth-order valence-corrected chi connectivity index (χ4v) is 3.07. The van der Waals surface area contributed by atoms with Crippen molar-refractivity contribution in [2.24, 2.45) is 0 Å². The summed E-state index contributed by atoms with van der Waals surface area (Å²) in [4.78, 5) is 14.9. The van der Waals surface area contributed by atoms with Gasteiger partial charge in [-0.15, -0.1) is 0 Å². The van der Waals surface area contributed by atoms with E-state index in [9.17, 15) is 4.79 Å². The molecule has 20 heavy (non-hydrogen) atoms. The fourth-order valence-electron chi connectivity index (χ4n) is 3.07. The lowest BCUT2D eigenvalue weighted by Gasteiger charge is -2.43. The summed E-state index contributed by atoms with van der Waals surface area (Å²) in [6, 6.07) is 0.960. The van der Waals surface area contributed by atoms with Crippen molar-refractivity contribution in [3.8, 4) is 0 Å². The van der Waals surface area contributed by atoms with Gasteiger partial charge in [0.1, 0.15) is 5.54 Å². The van der Waals surface area contributed by atoms with Crippen LogP contribution in [0, 0.1) is 0 Å². The first kappa shape index (κ1) is 17.4. The van der Waals surface area contributed by atoms with Gasteiger partial charge >= 0.3 is 5.97 Å². The van der Waals surface area contributed by atoms with Gasteiger partial charge in [-0.05, 0) is 66.5 Å². The second kappa shape index (κ2) is 7.99. The van der Waals surface area contributed by atoms with Crippen LogP contribution in [0.5, 0.6) is 0 Å². The highest BCUT2D eigenvalue weighted by Crippen LogP contribution is 2.32. The number of esters is 1. The van der Waals surface area contributed by atoms with Gasteiger partial charge in [0.15, 0.2) is 0 Å². The van der Waals surface area contributed by atoms with Gasteiger partial charge in [-0.1, -0.05) is 6.92 Å². The lowest BCUT2D eigenvalue weighted by molar-refractivity contribution is -0.154. The molecule has 1 fully saturated rings. The molecule has 0 radical (unpaired) electrons. The van der Waals surface area contributed by atoms with Gasteiger partial charge in [-0.25, -0.2) is 0 Å². The van der Waals surface area contributed by atoms with Crippen LogP contribution >= 0.6 is 0 Å². The van der Waals surface area contributed by atoms with Crippen LogP contribution in [0.1, 0.15) is 59.8 Å². The van der Waals surface area contributed by atoms with Crippen molar-refractivity contribution >= 4 is 5.97 Å². The Bertz CT molecular complexity index is 307. The van der Waals surface area contributed by atoms with E-state index in [4.69, 9.17) is 4.74 Å². The monoisotopic (exact) mass is 284 g/mol. The molecule has 0 aromatic heterocycles. The maximum Gasteiger partial charge on any atom is 0.326 e. The topological polar surface area (TPSA) is 41.6 Å². The first-order valence-electron chi connectivity index (χ1n) is 8.11. The van der Waals surface area contributed by atoms with Crippen molar-refractivity contribution in [1.29, 1.82) is 0 Å². The standard InChI is InChI=1S/C16H32N2O2/c1-6-11-17-16(15(19)20-7-2)10-8-9-14(12-16)18(5)13(3)4/h13-14,17H,6-12H2,1-5H3. The van der Waals surface area contributed by atoms with E-state index in [0.717, 1.165) is 32.2 Å². The summed E-state index contributed by atoms with van der Waals surface area (Å²) in [7, 11) is 2.16. The first-order chi connectivity index (χ1) is 9.46. The van der Waals surface area contributed by atoms with Crippen LogP contribution < -0.4 is 5.32 Å². The largest absolute Gasteiger partial charge is 0.465 e. The predicted octanol–water partition coefficient (Wildman–Crippen LogP) is 2.57. The Kier molecular flexibility index (Phi) is 6.96. The Morgan fingerprint density at radius 3 is 2.70 bits per heavy atom. The summed E-state index contributed by atoms with van der Waals surface area (Å²) in [6.07, 6.45) is 5.04. The van der Waals surface area contributed by atoms with Gasteiger partial charge in [0, 0.05) is 12.1 Å². The van der Waals surface area contributed by atoms with Crippen molar-refractivity contribution < 1.29 is 9.53 Å². The molecule has 1 aliphatic carbocycles. The van der Waals surface area contributed by atoms with Gasteiger partial charge < -0.3 is 15.0 Å². The van der Waals surface area contributed by atoms with Crippen molar-refractivity contribution in [2.75, 3.05) is 20.2 Å². The van der Waals surface area contributed by atoms with E-state index in [1.165, 1.54) is 6.42 Å². The van der Waals surface area contributed by atoms with Crippen LogP contribution in [-0.4, -0.2) is 48.7 Å². The molecule has 0 amide bonds. The Labute approximate surface area is 124 Å². The molecular formula is C16H32N2O2. The lowest BCUT2D eigenvalue weighted by atomic mass is 9.78. The SMILES string of the molecule is CCCNC1(C(=O)OCC)CCCC(N(C)C(C)C)C1. The van der Waals surface area contributed by atoms with Gasteiger partial charge in [0.25, 0.3) is 0 Å². The van der Waals surface area contributed by atoms with Crippen LogP contribution in [0.25, 0.3) is 0 Å².